The molecule has 1 fully saturated rings. The van der Waals surface area contributed by atoms with E-state index in [4.69, 9.17) is 4.74 Å². The fourth-order valence-corrected chi connectivity index (χ4v) is 4.06. The van der Waals surface area contributed by atoms with Crippen LogP contribution < -0.4 is 9.64 Å². The number of carbonyl (C=O) groups excluding carboxylic acids is 2. The molecule has 1 heterocycles. The van der Waals surface area contributed by atoms with Gasteiger partial charge in [0.05, 0.1) is 23.4 Å². The van der Waals surface area contributed by atoms with Gasteiger partial charge in [-0.15, -0.1) is 0 Å². The highest BCUT2D eigenvalue weighted by Gasteiger charge is 2.47. The zero-order valence-corrected chi connectivity index (χ0v) is 19.2. The molecule has 1 amide bonds. The van der Waals surface area contributed by atoms with Crippen molar-refractivity contribution in [3.05, 3.63) is 100 Å². The van der Waals surface area contributed by atoms with Crippen molar-refractivity contribution in [2.24, 2.45) is 0 Å². The van der Waals surface area contributed by atoms with Gasteiger partial charge in [0.15, 0.2) is 0 Å². The Morgan fingerprint density at radius 1 is 0.943 bits per heavy atom. The third-order valence-electron chi connectivity index (χ3n) is 5.61. The molecule has 4 rings (SSSR count). The Morgan fingerprint density at radius 3 is 2.20 bits per heavy atom. The molecular weight excluding hydrogens is 459 g/mol. The van der Waals surface area contributed by atoms with Crippen molar-refractivity contribution in [2.45, 2.75) is 32.9 Å². The second-order valence-electron chi connectivity index (χ2n) is 8.46. The maximum atomic E-state index is 14.7. The van der Waals surface area contributed by atoms with E-state index in [-0.39, 0.29) is 28.5 Å². The second kappa shape index (κ2) is 9.29. The van der Waals surface area contributed by atoms with Crippen LogP contribution in [0, 0.1) is 24.4 Å². The third-order valence-corrected chi connectivity index (χ3v) is 5.61. The maximum Gasteiger partial charge on any atom is 0.300 e. The summed E-state index contributed by atoms with van der Waals surface area (Å²) in [5.41, 5.74) is 0.525. The maximum absolute atomic E-state index is 14.7. The molecule has 1 unspecified atom stereocenters. The molecule has 0 radical (unpaired) electrons. The van der Waals surface area contributed by atoms with Crippen molar-refractivity contribution in [3.63, 3.8) is 0 Å². The summed E-state index contributed by atoms with van der Waals surface area (Å²) in [6.45, 7) is 5.50. The van der Waals surface area contributed by atoms with E-state index in [1.165, 1.54) is 18.2 Å². The summed E-state index contributed by atoms with van der Waals surface area (Å²) in [6, 6.07) is 11.0. The molecule has 3 aromatic carbocycles. The van der Waals surface area contributed by atoms with Gasteiger partial charge in [0.2, 0.25) is 0 Å². The number of hydrogen-bond acceptors (Lipinski definition) is 4. The van der Waals surface area contributed by atoms with E-state index in [0.29, 0.717) is 17.4 Å². The van der Waals surface area contributed by atoms with E-state index in [9.17, 15) is 27.9 Å². The average Bonchev–Trinajstić information content (AvgIpc) is 3.05. The van der Waals surface area contributed by atoms with Crippen LogP contribution in [0.1, 0.15) is 36.6 Å². The summed E-state index contributed by atoms with van der Waals surface area (Å²) in [5, 5.41) is 11.2. The van der Waals surface area contributed by atoms with Gasteiger partial charge in [-0.1, -0.05) is 12.1 Å². The predicted octanol–water partition coefficient (Wildman–Crippen LogP) is 5.83. The van der Waals surface area contributed by atoms with E-state index in [0.717, 1.165) is 29.2 Å². The summed E-state index contributed by atoms with van der Waals surface area (Å²) in [7, 11) is 0. The number of ether oxygens (including phenoxy) is 1. The van der Waals surface area contributed by atoms with Gasteiger partial charge in [-0.05, 0) is 74.4 Å². The van der Waals surface area contributed by atoms with Crippen LogP contribution in [-0.4, -0.2) is 22.9 Å². The number of aliphatic hydroxyl groups excluding tert-OH is 1. The molecule has 0 saturated carbocycles. The first-order valence-corrected chi connectivity index (χ1v) is 10.9. The molecule has 1 aliphatic rings. The number of aliphatic hydroxyl groups is 1. The predicted molar refractivity (Wildman–Crippen MR) is 124 cm³/mol. The number of rotatable bonds is 5. The van der Waals surface area contributed by atoms with Gasteiger partial charge >= 0.3 is 0 Å². The van der Waals surface area contributed by atoms with Gasteiger partial charge in [-0.2, -0.15) is 0 Å². The molecule has 1 atom stereocenters. The van der Waals surface area contributed by atoms with Crippen molar-refractivity contribution >= 4 is 23.1 Å². The Kier molecular flexibility index (Phi) is 6.39. The van der Waals surface area contributed by atoms with Crippen LogP contribution in [0.3, 0.4) is 0 Å². The summed E-state index contributed by atoms with van der Waals surface area (Å²) in [6.07, 6.45) is -0.0810. The molecule has 0 aromatic heterocycles. The monoisotopic (exact) mass is 481 g/mol. The smallest absolute Gasteiger partial charge is 0.300 e. The summed E-state index contributed by atoms with van der Waals surface area (Å²) in [4.78, 5) is 27.0. The molecule has 3 aromatic rings. The quantitative estimate of drug-likeness (QED) is 0.283. The topological polar surface area (TPSA) is 66.8 Å². The normalized spacial score (nSPS) is 17.3. The average molecular weight is 481 g/mol. The lowest BCUT2D eigenvalue weighted by atomic mass is 9.94. The minimum absolute atomic E-state index is 0.0810. The number of ketones is 1. The van der Waals surface area contributed by atoms with Crippen molar-refractivity contribution in [2.75, 3.05) is 4.90 Å². The second-order valence-corrected chi connectivity index (χ2v) is 8.46. The van der Waals surface area contributed by atoms with Crippen LogP contribution in [0.5, 0.6) is 5.75 Å². The molecule has 35 heavy (non-hydrogen) atoms. The lowest BCUT2D eigenvalue weighted by Crippen LogP contribution is -2.30. The van der Waals surface area contributed by atoms with Crippen molar-refractivity contribution in [1.29, 1.82) is 0 Å². The first-order chi connectivity index (χ1) is 16.6. The molecular formula is C27H22F3NO4. The van der Waals surface area contributed by atoms with Crippen LogP contribution in [0.4, 0.5) is 18.9 Å². The number of aryl methyl sites for hydroxylation is 1. The van der Waals surface area contributed by atoms with Crippen LogP contribution in [0.25, 0.3) is 5.76 Å². The lowest BCUT2D eigenvalue weighted by Gasteiger charge is -2.26. The largest absolute Gasteiger partial charge is 0.507 e. The first-order valence-electron chi connectivity index (χ1n) is 10.9. The van der Waals surface area contributed by atoms with E-state index >= 15 is 0 Å². The fraction of sp³-hybridized carbons (Fsp3) is 0.185. The molecule has 1 aliphatic heterocycles. The SMILES string of the molecule is Cc1cc(/C(O)=C2\C(=O)C(=O)N(c3ccc(F)cc3F)C2c2ccc(F)cc2)ccc1OC(C)C. The number of halogens is 3. The number of benzene rings is 3. The standard InChI is InChI=1S/C27H22F3NO4/c1-14(2)35-22-11-6-17(12-15(22)3)25(32)23-24(16-4-7-18(28)8-5-16)31(27(34)26(23)33)21-10-9-19(29)13-20(21)30/h4-14,24,32H,1-3H3/b25-23+. The van der Waals surface area contributed by atoms with Gasteiger partial charge in [-0.3, -0.25) is 14.5 Å². The molecule has 0 bridgehead atoms. The van der Waals surface area contributed by atoms with Gasteiger partial charge in [0, 0.05) is 11.6 Å². The first kappa shape index (κ1) is 24.1. The molecule has 0 spiro atoms. The molecule has 1 N–H and O–H groups in total. The van der Waals surface area contributed by atoms with Crippen molar-refractivity contribution in [1.82, 2.24) is 0 Å². The lowest BCUT2D eigenvalue weighted by molar-refractivity contribution is -0.132. The van der Waals surface area contributed by atoms with Crippen LogP contribution in [-0.2, 0) is 9.59 Å². The number of nitrogens with zero attached hydrogens (tertiary/aromatic N) is 1. The Labute approximate surface area is 200 Å². The Bertz CT molecular complexity index is 1350. The summed E-state index contributed by atoms with van der Waals surface area (Å²) in [5.74, 6) is -4.55. The van der Waals surface area contributed by atoms with Crippen molar-refractivity contribution < 1.29 is 32.6 Å². The highest BCUT2D eigenvalue weighted by molar-refractivity contribution is 6.51. The van der Waals surface area contributed by atoms with Crippen LogP contribution >= 0.6 is 0 Å². The Hall–Kier alpha value is -4.07. The Morgan fingerprint density at radius 2 is 1.60 bits per heavy atom. The Balaban J connectivity index is 1.91. The number of amides is 1. The van der Waals surface area contributed by atoms with E-state index in [1.54, 1.807) is 19.1 Å². The molecule has 0 aliphatic carbocycles. The van der Waals surface area contributed by atoms with Gasteiger partial charge < -0.3 is 9.84 Å². The number of hydrogen-bond donors (Lipinski definition) is 1. The van der Waals surface area contributed by atoms with Gasteiger partial charge in [0.1, 0.15) is 29.0 Å². The zero-order chi connectivity index (χ0) is 25.4. The highest BCUT2D eigenvalue weighted by atomic mass is 19.1. The molecule has 5 nitrogen and oxygen atoms in total. The number of carbonyl (C=O) groups is 2. The van der Waals surface area contributed by atoms with E-state index in [2.05, 4.69) is 0 Å². The summed E-state index contributed by atoms with van der Waals surface area (Å²) >= 11 is 0. The number of Topliss-reactive ketones (excluding diaryl/α,β-unsaturated/α-hetero) is 1. The van der Waals surface area contributed by atoms with Crippen molar-refractivity contribution in [3.8, 4) is 5.75 Å². The highest BCUT2D eigenvalue weighted by Crippen LogP contribution is 2.43. The van der Waals surface area contributed by atoms with Crippen LogP contribution in [0.15, 0.2) is 66.2 Å². The van der Waals surface area contributed by atoms with E-state index in [1.807, 2.05) is 13.8 Å². The number of anilines is 1. The minimum atomic E-state index is -1.28. The zero-order valence-electron chi connectivity index (χ0n) is 19.2. The van der Waals surface area contributed by atoms with Crippen LogP contribution in [0.2, 0.25) is 0 Å². The molecule has 1 saturated heterocycles. The molecule has 8 heteroatoms. The third kappa shape index (κ3) is 4.51. The van der Waals surface area contributed by atoms with Gasteiger partial charge in [0.25, 0.3) is 11.7 Å². The summed E-state index contributed by atoms with van der Waals surface area (Å²) < 4.78 is 47.6. The van der Waals surface area contributed by atoms with Gasteiger partial charge in [-0.25, -0.2) is 13.2 Å². The molecule has 180 valence electrons. The minimum Gasteiger partial charge on any atom is -0.507 e. The van der Waals surface area contributed by atoms with E-state index < -0.39 is 40.9 Å². The fourth-order valence-electron chi connectivity index (χ4n) is 4.06.